The van der Waals surface area contributed by atoms with Crippen LogP contribution >= 0.6 is 0 Å². The number of nitrogens with zero attached hydrogens (tertiary/aromatic N) is 2. The number of carbonyl (C=O) groups excluding carboxylic acids is 2. The third kappa shape index (κ3) is 8.86. The monoisotopic (exact) mass is 707 g/mol. The molecule has 1 aromatic heterocycles. The molecule has 3 fully saturated rings. The van der Waals surface area contributed by atoms with E-state index in [0.717, 1.165) is 12.0 Å². The first-order valence-electron chi connectivity index (χ1n) is 16.5. The largest absolute Gasteiger partial charge is 0.420 e. The molecule has 0 radical (unpaired) electrons. The zero-order valence-corrected chi connectivity index (χ0v) is 28.3. The molecule has 3 aliphatic rings. The van der Waals surface area contributed by atoms with Crippen molar-refractivity contribution in [3.8, 4) is 5.75 Å². The number of ether oxygens (including phenoxy) is 4. The molecular weight excluding hydrogens is 666 g/mol. The molecule has 11 nitrogen and oxygen atoms in total. The SMILES string of the molecule is CC(/C=C/[C@H]1O[C@H](CC(=O)Oc2c(F)c(F)cc(F)c2F)C[C@@]2(CO2)[C@@H]1O)=C\C[C@@H]1O[C@H](C)[C@H](NC(=O)/C=C\[C@@H](C)c2noc(C)n2)C[C@@H]1C. The molecule has 1 aromatic carbocycles. The van der Waals surface area contributed by atoms with Gasteiger partial charge in [0.2, 0.25) is 29.2 Å². The van der Waals surface area contributed by atoms with Crippen LogP contribution in [-0.4, -0.2) is 75.9 Å². The van der Waals surface area contributed by atoms with Crippen molar-refractivity contribution < 1.29 is 55.7 Å². The fourth-order valence-corrected chi connectivity index (χ4v) is 6.16. The average Bonchev–Trinajstić information content (AvgIpc) is 3.70. The number of benzene rings is 1. The zero-order chi connectivity index (χ0) is 36.3. The summed E-state index contributed by atoms with van der Waals surface area (Å²) < 4.78 is 82.4. The van der Waals surface area contributed by atoms with Crippen LogP contribution in [-0.2, 0) is 23.8 Å². The van der Waals surface area contributed by atoms with E-state index >= 15 is 0 Å². The number of aryl methyl sites for hydroxylation is 1. The maximum atomic E-state index is 14.0. The lowest BCUT2D eigenvalue weighted by Crippen LogP contribution is -2.50. The van der Waals surface area contributed by atoms with Crippen LogP contribution in [0.2, 0.25) is 0 Å². The molecule has 0 unspecified atom stereocenters. The Labute approximate surface area is 286 Å². The van der Waals surface area contributed by atoms with Crippen LogP contribution in [0.25, 0.3) is 0 Å². The molecule has 1 spiro atoms. The Kier molecular flexibility index (Phi) is 11.6. The molecule has 3 aliphatic heterocycles. The second-order valence-electron chi connectivity index (χ2n) is 13.3. The van der Waals surface area contributed by atoms with Crippen LogP contribution in [0.15, 0.2) is 46.5 Å². The van der Waals surface area contributed by atoms with Crippen molar-refractivity contribution in [2.24, 2.45) is 5.92 Å². The Morgan fingerprint density at radius 2 is 1.86 bits per heavy atom. The summed E-state index contributed by atoms with van der Waals surface area (Å²) in [5.74, 6) is -9.06. The summed E-state index contributed by atoms with van der Waals surface area (Å²) in [5.41, 5.74) is -0.117. The minimum absolute atomic E-state index is 0.0130. The van der Waals surface area contributed by atoms with E-state index in [1.54, 1.807) is 25.2 Å². The Morgan fingerprint density at radius 3 is 2.50 bits per heavy atom. The Balaban J connectivity index is 1.12. The highest BCUT2D eigenvalue weighted by Crippen LogP contribution is 2.43. The van der Waals surface area contributed by atoms with Crippen molar-refractivity contribution >= 4 is 11.9 Å². The van der Waals surface area contributed by atoms with Crippen LogP contribution in [0.5, 0.6) is 5.75 Å². The van der Waals surface area contributed by atoms with Gasteiger partial charge in [-0.05, 0) is 38.7 Å². The van der Waals surface area contributed by atoms with Crippen LogP contribution in [0.4, 0.5) is 17.6 Å². The van der Waals surface area contributed by atoms with Gasteiger partial charge < -0.3 is 33.9 Å². The number of hydrogen-bond acceptors (Lipinski definition) is 10. The molecule has 9 atom stereocenters. The number of amides is 1. The summed E-state index contributed by atoms with van der Waals surface area (Å²) in [6.07, 6.45) is 6.29. The summed E-state index contributed by atoms with van der Waals surface area (Å²) in [4.78, 5) is 29.3. The highest BCUT2D eigenvalue weighted by Gasteiger charge is 2.58. The number of esters is 1. The summed E-state index contributed by atoms with van der Waals surface area (Å²) in [5, 5.41) is 17.8. The molecular formula is C35H41F4N3O8. The zero-order valence-electron chi connectivity index (χ0n) is 28.3. The van der Waals surface area contributed by atoms with Gasteiger partial charge in [-0.3, -0.25) is 9.59 Å². The van der Waals surface area contributed by atoms with Crippen LogP contribution in [0.1, 0.15) is 71.0 Å². The number of hydrogen-bond donors (Lipinski definition) is 2. The minimum atomic E-state index is -1.83. The van der Waals surface area contributed by atoms with E-state index < -0.39 is 65.3 Å². The topological polar surface area (TPSA) is 146 Å². The standard InChI is InChI=1S/C35H41F4N3O8/c1-17(6-9-26-19(3)12-25(20(4)47-26)41-28(43)11-8-18(2)34-40-21(5)50-42-34)7-10-27-33(45)35(16-46-35)15-22(48-27)13-29(44)49-32-30(38)23(36)14-24(37)31(32)39/h6-8,10-11,14,18-20,22,25-27,33,45H,9,12-13,15-16H2,1-5H3,(H,41,43)/b10-7+,11-8-,17-6+/t18-,19+,20-,22-,25-,26+,27-,33-,35-/m1/s1. The van der Waals surface area contributed by atoms with E-state index in [9.17, 15) is 32.3 Å². The van der Waals surface area contributed by atoms with E-state index in [1.807, 2.05) is 26.8 Å². The van der Waals surface area contributed by atoms with Gasteiger partial charge in [0.15, 0.2) is 17.5 Å². The Hall–Kier alpha value is -3.92. The van der Waals surface area contributed by atoms with Crippen LogP contribution in [0, 0.1) is 36.1 Å². The first-order valence-corrected chi connectivity index (χ1v) is 16.5. The number of carbonyl (C=O) groups is 2. The van der Waals surface area contributed by atoms with Crippen molar-refractivity contribution in [3.63, 3.8) is 0 Å². The number of epoxide rings is 1. The number of aliphatic hydroxyl groups excluding tert-OH is 1. The van der Waals surface area contributed by atoms with Crippen molar-refractivity contribution in [3.05, 3.63) is 77.0 Å². The predicted molar refractivity (Wildman–Crippen MR) is 169 cm³/mol. The third-order valence-electron chi connectivity index (χ3n) is 9.22. The molecule has 0 aliphatic carbocycles. The smallest absolute Gasteiger partial charge is 0.314 e. The van der Waals surface area contributed by atoms with Crippen molar-refractivity contribution in [1.82, 2.24) is 15.5 Å². The molecule has 3 saturated heterocycles. The number of aliphatic hydroxyl groups is 1. The van der Waals surface area contributed by atoms with E-state index in [-0.39, 0.29) is 55.1 Å². The molecule has 2 aromatic rings. The first-order chi connectivity index (χ1) is 23.7. The van der Waals surface area contributed by atoms with Gasteiger partial charge in [0.05, 0.1) is 37.4 Å². The quantitative estimate of drug-likeness (QED) is 0.0618. The van der Waals surface area contributed by atoms with Gasteiger partial charge >= 0.3 is 5.97 Å². The van der Waals surface area contributed by atoms with Gasteiger partial charge in [-0.2, -0.15) is 13.8 Å². The lowest BCUT2D eigenvalue weighted by Gasteiger charge is -2.39. The van der Waals surface area contributed by atoms with Crippen LogP contribution in [0.3, 0.4) is 0 Å². The van der Waals surface area contributed by atoms with E-state index in [0.29, 0.717) is 18.1 Å². The van der Waals surface area contributed by atoms with Gasteiger partial charge in [0.1, 0.15) is 17.8 Å². The average molecular weight is 708 g/mol. The maximum Gasteiger partial charge on any atom is 0.314 e. The van der Waals surface area contributed by atoms with Crippen molar-refractivity contribution in [1.29, 1.82) is 0 Å². The fourth-order valence-electron chi connectivity index (χ4n) is 6.16. The van der Waals surface area contributed by atoms with Gasteiger partial charge in [0, 0.05) is 25.3 Å². The lowest BCUT2D eigenvalue weighted by atomic mass is 9.87. The minimum Gasteiger partial charge on any atom is -0.420 e. The Morgan fingerprint density at radius 1 is 1.16 bits per heavy atom. The van der Waals surface area contributed by atoms with E-state index in [4.69, 9.17) is 18.7 Å². The number of nitrogens with one attached hydrogen (secondary N) is 1. The molecule has 0 bridgehead atoms. The molecule has 5 rings (SSSR count). The Bertz CT molecular complexity index is 1630. The summed E-state index contributed by atoms with van der Waals surface area (Å²) in [7, 11) is 0. The molecule has 4 heterocycles. The number of rotatable bonds is 11. The van der Waals surface area contributed by atoms with Gasteiger partial charge in [-0.15, -0.1) is 0 Å². The van der Waals surface area contributed by atoms with E-state index in [1.165, 1.54) is 6.08 Å². The summed E-state index contributed by atoms with van der Waals surface area (Å²) >= 11 is 0. The van der Waals surface area contributed by atoms with E-state index in [2.05, 4.69) is 27.1 Å². The predicted octanol–water partition coefficient (Wildman–Crippen LogP) is 5.07. The number of halogens is 4. The molecule has 272 valence electrons. The second-order valence-corrected chi connectivity index (χ2v) is 13.3. The van der Waals surface area contributed by atoms with Crippen molar-refractivity contribution in [2.75, 3.05) is 6.61 Å². The third-order valence-corrected chi connectivity index (χ3v) is 9.22. The fraction of sp³-hybridized carbons (Fsp3) is 0.543. The summed E-state index contributed by atoms with van der Waals surface area (Å²) in [6.45, 7) is 9.63. The second kappa shape index (κ2) is 15.5. The lowest BCUT2D eigenvalue weighted by molar-refractivity contribution is -0.153. The highest BCUT2D eigenvalue weighted by molar-refractivity contribution is 5.87. The van der Waals surface area contributed by atoms with Gasteiger partial charge in [-0.1, -0.05) is 48.9 Å². The van der Waals surface area contributed by atoms with Crippen LogP contribution < -0.4 is 10.1 Å². The number of allylic oxidation sites excluding steroid dienone is 3. The molecule has 1 amide bonds. The van der Waals surface area contributed by atoms with Gasteiger partial charge in [-0.25, -0.2) is 8.78 Å². The number of aromatic nitrogens is 2. The molecule has 50 heavy (non-hydrogen) atoms. The molecule has 0 saturated carbocycles. The highest BCUT2D eigenvalue weighted by atomic mass is 19.2. The van der Waals surface area contributed by atoms with Crippen molar-refractivity contribution in [2.45, 2.75) is 108 Å². The molecule has 15 heteroatoms. The normalized spacial score (nSPS) is 30.6. The maximum absolute atomic E-state index is 14.0. The summed E-state index contributed by atoms with van der Waals surface area (Å²) in [6, 6.07) is -0.162. The van der Waals surface area contributed by atoms with Gasteiger partial charge in [0.25, 0.3) is 0 Å². The first kappa shape index (κ1) is 37.3. The molecule has 2 N–H and O–H groups in total.